The van der Waals surface area contributed by atoms with E-state index in [4.69, 9.17) is 10.1 Å². The van der Waals surface area contributed by atoms with E-state index in [1.165, 1.54) is 19.4 Å². The second-order valence-corrected chi connectivity index (χ2v) is 8.24. The molecule has 0 spiro atoms. The molecule has 1 amide bonds. The fourth-order valence-corrected chi connectivity index (χ4v) is 4.47. The van der Waals surface area contributed by atoms with E-state index in [9.17, 15) is 4.79 Å². The topological polar surface area (TPSA) is 56.6 Å². The normalized spacial score (nSPS) is 22.8. The third kappa shape index (κ3) is 5.34. The first-order chi connectivity index (χ1) is 13.6. The third-order valence-corrected chi connectivity index (χ3v) is 6.02. The van der Waals surface area contributed by atoms with E-state index >= 15 is 0 Å². The van der Waals surface area contributed by atoms with Gasteiger partial charge in [0.15, 0.2) is 0 Å². The summed E-state index contributed by atoms with van der Waals surface area (Å²) in [6.07, 6.45) is 7.60. The number of carbonyl (C=O) groups excluding carboxylic acids is 1. The number of rotatable bonds is 10. The summed E-state index contributed by atoms with van der Waals surface area (Å²) in [6.45, 7) is 7.45. The van der Waals surface area contributed by atoms with Gasteiger partial charge in [-0.2, -0.15) is 0 Å². The second-order valence-electron chi connectivity index (χ2n) is 8.24. The van der Waals surface area contributed by atoms with E-state index < -0.39 is 0 Å². The van der Waals surface area contributed by atoms with E-state index in [1.807, 2.05) is 29.2 Å². The number of nitrogens with one attached hydrogen (secondary N) is 1. The van der Waals surface area contributed by atoms with Gasteiger partial charge in [-0.05, 0) is 69.8 Å². The molecule has 1 aromatic carbocycles. The van der Waals surface area contributed by atoms with E-state index in [1.54, 1.807) is 0 Å². The monoisotopic (exact) mass is 385 g/mol. The van der Waals surface area contributed by atoms with E-state index in [0.717, 1.165) is 56.0 Å². The maximum Gasteiger partial charge on any atom is 0.227 e. The number of hydrogen-bond donors (Lipinski definition) is 1. The van der Waals surface area contributed by atoms with Gasteiger partial charge < -0.3 is 19.9 Å². The predicted octanol–water partition coefficient (Wildman–Crippen LogP) is 4.65. The average Bonchev–Trinajstić information content (AvgIpc) is 3.25. The first-order valence-corrected chi connectivity index (χ1v) is 10.9. The van der Waals surface area contributed by atoms with Crippen LogP contribution in [0.15, 0.2) is 24.3 Å². The van der Waals surface area contributed by atoms with Crippen LogP contribution in [0.25, 0.3) is 0 Å². The van der Waals surface area contributed by atoms with Crippen molar-refractivity contribution in [3.8, 4) is 5.75 Å². The molecule has 154 valence electrons. The Labute approximate surface area is 169 Å². The van der Waals surface area contributed by atoms with Crippen molar-refractivity contribution in [2.75, 3.05) is 24.6 Å². The van der Waals surface area contributed by atoms with Gasteiger partial charge in [0.05, 0.1) is 6.61 Å². The molecule has 28 heavy (non-hydrogen) atoms. The fraction of sp³-hybridized carbons (Fsp3) is 0.652. The molecule has 0 aliphatic carbocycles. The lowest BCUT2D eigenvalue weighted by Crippen LogP contribution is -2.34. The van der Waals surface area contributed by atoms with Crippen LogP contribution >= 0.6 is 0 Å². The van der Waals surface area contributed by atoms with Gasteiger partial charge >= 0.3 is 0 Å². The van der Waals surface area contributed by atoms with Crippen molar-refractivity contribution < 1.29 is 9.53 Å². The van der Waals surface area contributed by atoms with Crippen LogP contribution in [0.5, 0.6) is 5.75 Å². The van der Waals surface area contributed by atoms with Gasteiger partial charge in [0.2, 0.25) is 5.91 Å². The Hall–Kier alpha value is -1.88. The lowest BCUT2D eigenvalue weighted by atomic mass is 10.0. The van der Waals surface area contributed by atoms with Crippen molar-refractivity contribution in [2.45, 2.75) is 77.3 Å². The highest BCUT2D eigenvalue weighted by molar-refractivity contribution is 5.97. The molecule has 0 saturated carbocycles. The van der Waals surface area contributed by atoms with Gasteiger partial charge in [-0.25, -0.2) is 0 Å². The van der Waals surface area contributed by atoms with E-state index in [2.05, 4.69) is 18.7 Å². The number of ether oxygens (including phenoxy) is 1. The van der Waals surface area contributed by atoms with Gasteiger partial charge in [-0.3, -0.25) is 4.79 Å². The molecule has 1 N–H and O–H groups in total. The van der Waals surface area contributed by atoms with Crippen LogP contribution in [0.2, 0.25) is 0 Å². The first kappa shape index (κ1) is 20.8. The predicted molar refractivity (Wildman–Crippen MR) is 115 cm³/mol. The molecule has 5 heteroatoms. The van der Waals surface area contributed by atoms with Crippen molar-refractivity contribution >= 4 is 17.3 Å². The molecule has 2 aliphatic rings. The third-order valence-electron chi connectivity index (χ3n) is 6.02. The largest absolute Gasteiger partial charge is 0.494 e. The Morgan fingerprint density at radius 2 is 2.04 bits per heavy atom. The minimum absolute atomic E-state index is 0.126. The summed E-state index contributed by atoms with van der Waals surface area (Å²) in [6, 6.07) is 8.74. The maximum absolute atomic E-state index is 12.4. The minimum atomic E-state index is 0.126. The smallest absolute Gasteiger partial charge is 0.227 e. The van der Waals surface area contributed by atoms with E-state index in [0.29, 0.717) is 18.9 Å². The van der Waals surface area contributed by atoms with Crippen LogP contribution in [-0.4, -0.2) is 48.3 Å². The molecule has 1 aromatic rings. The Morgan fingerprint density at radius 3 is 2.71 bits per heavy atom. The minimum Gasteiger partial charge on any atom is -0.494 e. The first-order valence-electron chi connectivity index (χ1n) is 10.9. The molecule has 0 radical (unpaired) electrons. The van der Waals surface area contributed by atoms with Gasteiger partial charge in [-0.1, -0.05) is 13.3 Å². The van der Waals surface area contributed by atoms with Crippen LogP contribution in [0, 0.1) is 5.41 Å². The molecule has 0 bridgehead atoms. The fourth-order valence-electron chi connectivity index (χ4n) is 4.47. The summed E-state index contributed by atoms with van der Waals surface area (Å²) in [5.41, 5.74) is 1.68. The number of nitrogens with zero attached hydrogens (tertiary/aromatic N) is 2. The number of benzene rings is 1. The van der Waals surface area contributed by atoms with Gasteiger partial charge in [-0.15, -0.1) is 0 Å². The van der Waals surface area contributed by atoms with Crippen molar-refractivity contribution in [2.24, 2.45) is 0 Å². The molecule has 2 heterocycles. The van der Waals surface area contributed by atoms with Crippen LogP contribution in [-0.2, 0) is 4.79 Å². The molecular formula is C23H35N3O2. The summed E-state index contributed by atoms with van der Waals surface area (Å²) in [4.78, 5) is 16.8. The zero-order chi connectivity index (χ0) is 19.9. The van der Waals surface area contributed by atoms with Crippen molar-refractivity contribution in [1.29, 1.82) is 5.41 Å². The molecule has 3 rings (SSSR count). The molecule has 5 nitrogen and oxygen atoms in total. The van der Waals surface area contributed by atoms with Gasteiger partial charge in [0.1, 0.15) is 5.75 Å². The highest BCUT2D eigenvalue weighted by Gasteiger charge is 2.32. The SMILES string of the molecule is CCCC(=N)CC1CCC(=O)N1c1ccc(OCCCN2CCC[C@H]2C)cc1. The molecule has 0 aromatic heterocycles. The summed E-state index contributed by atoms with van der Waals surface area (Å²) < 4.78 is 5.90. The van der Waals surface area contributed by atoms with Crippen molar-refractivity contribution in [3.05, 3.63) is 24.3 Å². The number of hydrogen-bond acceptors (Lipinski definition) is 4. The molecular weight excluding hydrogens is 350 g/mol. The molecule has 1 unspecified atom stereocenters. The summed E-state index contributed by atoms with van der Waals surface area (Å²) in [5.74, 6) is 1.03. The molecule has 2 fully saturated rings. The maximum atomic E-state index is 12.4. The zero-order valence-corrected chi connectivity index (χ0v) is 17.5. The van der Waals surface area contributed by atoms with E-state index in [-0.39, 0.29) is 11.9 Å². The highest BCUT2D eigenvalue weighted by Crippen LogP contribution is 2.30. The number of likely N-dealkylation sites (tertiary alicyclic amines) is 1. The van der Waals surface area contributed by atoms with Crippen LogP contribution in [0.3, 0.4) is 0 Å². The van der Waals surface area contributed by atoms with Gasteiger partial charge in [0.25, 0.3) is 0 Å². The van der Waals surface area contributed by atoms with Crippen LogP contribution < -0.4 is 9.64 Å². The molecule has 2 atom stereocenters. The molecule has 2 aliphatic heterocycles. The Kier molecular flexibility index (Phi) is 7.49. The number of amides is 1. The highest BCUT2D eigenvalue weighted by atomic mass is 16.5. The second kappa shape index (κ2) is 10.1. The Balaban J connectivity index is 1.49. The number of anilines is 1. The lowest BCUT2D eigenvalue weighted by molar-refractivity contribution is -0.117. The average molecular weight is 386 g/mol. The zero-order valence-electron chi connectivity index (χ0n) is 17.5. The lowest BCUT2D eigenvalue weighted by Gasteiger charge is -2.25. The Morgan fingerprint density at radius 1 is 1.25 bits per heavy atom. The quantitative estimate of drug-likeness (QED) is 0.471. The van der Waals surface area contributed by atoms with Gasteiger partial charge in [0, 0.05) is 42.9 Å². The van der Waals surface area contributed by atoms with Crippen molar-refractivity contribution in [1.82, 2.24) is 4.90 Å². The standard InChI is InChI=1S/C23H35N3O2/c1-3-6-19(24)17-21-10-13-23(27)26(21)20-8-11-22(12-9-20)28-16-5-15-25-14-4-7-18(25)2/h8-9,11-12,18,21,24H,3-7,10,13-17H2,1-2H3/t18-,21?/m1/s1. The summed E-state index contributed by atoms with van der Waals surface area (Å²) in [5, 5.41) is 8.11. The summed E-state index contributed by atoms with van der Waals surface area (Å²) >= 11 is 0. The molecule has 2 saturated heterocycles. The van der Waals surface area contributed by atoms with Crippen LogP contribution in [0.1, 0.15) is 65.2 Å². The Bertz CT molecular complexity index is 658. The number of carbonyl (C=O) groups is 1. The summed E-state index contributed by atoms with van der Waals surface area (Å²) in [7, 11) is 0. The van der Waals surface area contributed by atoms with Crippen molar-refractivity contribution in [3.63, 3.8) is 0 Å². The van der Waals surface area contributed by atoms with Crippen LogP contribution in [0.4, 0.5) is 5.69 Å².